The maximum absolute atomic E-state index is 10.5. The Hall–Kier alpha value is -2.96. The van der Waals surface area contributed by atoms with Gasteiger partial charge in [-0.25, -0.2) is 0 Å². The van der Waals surface area contributed by atoms with E-state index in [0.717, 1.165) is 65.3 Å². The quantitative estimate of drug-likeness (QED) is 0.663. The summed E-state index contributed by atoms with van der Waals surface area (Å²) in [6, 6.07) is 18.7. The zero-order valence-electron chi connectivity index (χ0n) is 17.0. The molecule has 1 N–H and O–H groups in total. The van der Waals surface area contributed by atoms with Crippen molar-refractivity contribution in [3.8, 4) is 5.88 Å². The monoisotopic (exact) mass is 416 g/mol. The van der Waals surface area contributed by atoms with Gasteiger partial charge in [-0.15, -0.1) is 0 Å². The summed E-state index contributed by atoms with van der Waals surface area (Å²) >= 11 is 1.55. The van der Waals surface area contributed by atoms with Gasteiger partial charge in [-0.1, -0.05) is 59.9 Å². The summed E-state index contributed by atoms with van der Waals surface area (Å²) in [6.07, 6.45) is 2.02. The number of anilines is 1. The van der Waals surface area contributed by atoms with E-state index in [1.54, 1.807) is 11.3 Å². The van der Waals surface area contributed by atoms with E-state index in [-0.39, 0.29) is 5.88 Å². The van der Waals surface area contributed by atoms with Crippen LogP contribution < -0.4 is 4.90 Å². The molecule has 0 aliphatic carbocycles. The zero-order valence-corrected chi connectivity index (χ0v) is 17.8. The number of benzene rings is 2. The third-order valence-electron chi connectivity index (χ3n) is 5.66. The van der Waals surface area contributed by atoms with Crippen LogP contribution in [-0.4, -0.2) is 46.9 Å². The molecule has 1 saturated heterocycles. The van der Waals surface area contributed by atoms with Crippen LogP contribution in [0.5, 0.6) is 5.88 Å². The van der Waals surface area contributed by atoms with Crippen molar-refractivity contribution in [3.05, 3.63) is 70.6 Å². The minimum Gasteiger partial charge on any atom is -0.492 e. The average Bonchev–Trinajstić information content (AvgIpc) is 3.29. The van der Waals surface area contributed by atoms with Crippen LogP contribution in [-0.2, 0) is 6.54 Å². The van der Waals surface area contributed by atoms with Gasteiger partial charge in [-0.3, -0.25) is 9.89 Å². The molecule has 0 amide bonds. The molecule has 6 heteroatoms. The molecule has 2 aromatic carbocycles. The van der Waals surface area contributed by atoms with E-state index >= 15 is 0 Å². The second-order valence-corrected chi connectivity index (χ2v) is 8.71. The number of rotatable bonds is 4. The molecule has 0 radical (unpaired) electrons. The Morgan fingerprint density at radius 3 is 2.53 bits per heavy atom. The van der Waals surface area contributed by atoms with Gasteiger partial charge in [0, 0.05) is 49.6 Å². The average molecular weight is 417 g/mol. The Kier molecular flexibility index (Phi) is 5.11. The molecule has 2 aliphatic heterocycles. The molecule has 30 heavy (non-hydrogen) atoms. The fraction of sp³-hybridized carbons (Fsp3) is 0.250. The van der Waals surface area contributed by atoms with Gasteiger partial charge in [0.2, 0.25) is 5.88 Å². The van der Waals surface area contributed by atoms with E-state index in [4.69, 9.17) is 0 Å². The number of thiazole rings is 1. The lowest BCUT2D eigenvalue weighted by Crippen LogP contribution is -2.45. The maximum Gasteiger partial charge on any atom is 0.231 e. The molecule has 1 fully saturated rings. The lowest BCUT2D eigenvalue weighted by atomic mass is 10.0. The van der Waals surface area contributed by atoms with Crippen molar-refractivity contribution in [2.75, 3.05) is 31.1 Å². The normalized spacial score (nSPS) is 18.0. The smallest absolute Gasteiger partial charge is 0.231 e. The molecule has 152 valence electrons. The minimum absolute atomic E-state index is 0.103. The summed E-state index contributed by atoms with van der Waals surface area (Å²) in [4.78, 5) is 14.6. The molecular weight excluding hydrogens is 392 g/mol. The first-order valence-corrected chi connectivity index (χ1v) is 11.1. The summed E-state index contributed by atoms with van der Waals surface area (Å²) in [5.74, 6) is 0.103. The predicted octanol–water partition coefficient (Wildman–Crippen LogP) is 4.82. The molecule has 0 spiro atoms. The van der Waals surface area contributed by atoms with Crippen molar-refractivity contribution in [1.29, 1.82) is 0 Å². The van der Waals surface area contributed by atoms with Crippen LogP contribution in [0.3, 0.4) is 0 Å². The molecule has 0 atom stereocenters. The molecule has 3 aromatic rings. The van der Waals surface area contributed by atoms with Gasteiger partial charge in [-0.05, 0) is 24.6 Å². The third kappa shape index (κ3) is 3.76. The number of aliphatic imine (C=N–C) groups is 1. The number of aromatic nitrogens is 1. The Bertz CT molecular complexity index is 1110. The van der Waals surface area contributed by atoms with E-state index in [9.17, 15) is 5.11 Å². The van der Waals surface area contributed by atoms with Crippen LogP contribution in [0.2, 0.25) is 0 Å². The third-order valence-corrected chi connectivity index (χ3v) is 6.71. The lowest BCUT2D eigenvalue weighted by Gasteiger charge is -2.34. The summed E-state index contributed by atoms with van der Waals surface area (Å²) in [5.41, 5.74) is 5.48. The van der Waals surface area contributed by atoms with Crippen LogP contribution in [0.4, 0.5) is 10.8 Å². The first kappa shape index (κ1) is 19.0. The van der Waals surface area contributed by atoms with Gasteiger partial charge in [-0.2, -0.15) is 4.98 Å². The minimum atomic E-state index is 0.103. The van der Waals surface area contributed by atoms with E-state index < -0.39 is 0 Å². The number of piperazine rings is 1. The van der Waals surface area contributed by atoms with E-state index in [1.165, 1.54) is 5.56 Å². The lowest BCUT2D eigenvalue weighted by molar-refractivity contribution is 0.249. The van der Waals surface area contributed by atoms with E-state index in [0.29, 0.717) is 0 Å². The van der Waals surface area contributed by atoms with E-state index in [1.807, 2.05) is 31.2 Å². The van der Waals surface area contributed by atoms with Gasteiger partial charge >= 0.3 is 0 Å². The highest BCUT2D eigenvalue weighted by molar-refractivity contribution is 7.16. The number of allylic oxidation sites excluding steroid dienone is 1. The summed E-state index contributed by atoms with van der Waals surface area (Å²) in [7, 11) is 0. The first-order chi connectivity index (χ1) is 14.7. The van der Waals surface area contributed by atoms with Gasteiger partial charge in [0.25, 0.3) is 0 Å². The Morgan fingerprint density at radius 1 is 1.00 bits per heavy atom. The zero-order chi connectivity index (χ0) is 20.5. The Morgan fingerprint density at radius 2 is 1.73 bits per heavy atom. The van der Waals surface area contributed by atoms with Crippen LogP contribution in [0, 0.1) is 0 Å². The Labute approximate surface area is 180 Å². The molecule has 0 unspecified atom stereocenters. The van der Waals surface area contributed by atoms with Crippen LogP contribution >= 0.6 is 11.3 Å². The summed E-state index contributed by atoms with van der Waals surface area (Å²) in [5, 5.41) is 11.4. The fourth-order valence-electron chi connectivity index (χ4n) is 4.03. The first-order valence-electron chi connectivity index (χ1n) is 10.2. The molecule has 2 aliphatic rings. The van der Waals surface area contributed by atoms with Crippen molar-refractivity contribution in [2.24, 2.45) is 4.99 Å². The summed E-state index contributed by atoms with van der Waals surface area (Å²) in [6.45, 7) is 6.80. The standard InChI is InChI=1S/C24H24N4OS/c1-17-20(19-9-5-6-10-21(19)25-17)15-22-23(29)26-24(30-22)28-13-11-27(12-14-28)16-18-7-3-2-4-8-18/h2-10,15,29H,11-14,16H2,1H3/b20-15+. The molecule has 0 bridgehead atoms. The number of nitrogens with zero attached hydrogens (tertiary/aromatic N) is 4. The molecule has 3 heterocycles. The van der Waals surface area contributed by atoms with Crippen LogP contribution in [0.1, 0.15) is 22.9 Å². The maximum atomic E-state index is 10.5. The summed E-state index contributed by atoms with van der Waals surface area (Å²) < 4.78 is 0. The van der Waals surface area contributed by atoms with Gasteiger partial charge in [0.15, 0.2) is 5.13 Å². The largest absolute Gasteiger partial charge is 0.492 e. The highest BCUT2D eigenvalue weighted by Crippen LogP contribution is 2.39. The van der Waals surface area contributed by atoms with Crippen LogP contribution in [0.25, 0.3) is 11.6 Å². The number of aromatic hydroxyl groups is 1. The second-order valence-electron chi connectivity index (χ2n) is 7.71. The number of para-hydroxylation sites is 1. The molecular formula is C24H24N4OS. The molecule has 5 nitrogen and oxygen atoms in total. The molecule has 0 saturated carbocycles. The van der Waals surface area contributed by atoms with Crippen LogP contribution in [0.15, 0.2) is 59.6 Å². The topological polar surface area (TPSA) is 52.0 Å². The fourth-order valence-corrected chi connectivity index (χ4v) is 4.98. The SMILES string of the molecule is CC1=Nc2ccccc2/C1=C/c1sc(N2CCN(Cc3ccccc3)CC2)nc1O. The highest BCUT2D eigenvalue weighted by Gasteiger charge is 2.23. The van der Waals surface area contributed by atoms with Crippen molar-refractivity contribution in [3.63, 3.8) is 0 Å². The molecule has 5 rings (SSSR count). The van der Waals surface area contributed by atoms with Gasteiger partial charge < -0.3 is 10.0 Å². The predicted molar refractivity (Wildman–Crippen MR) is 125 cm³/mol. The van der Waals surface area contributed by atoms with Crippen molar-refractivity contribution >= 4 is 39.5 Å². The van der Waals surface area contributed by atoms with Gasteiger partial charge in [0.05, 0.1) is 10.6 Å². The second kappa shape index (κ2) is 8.05. The van der Waals surface area contributed by atoms with Crippen molar-refractivity contribution < 1.29 is 5.11 Å². The van der Waals surface area contributed by atoms with Crippen molar-refractivity contribution in [1.82, 2.24) is 9.88 Å². The number of hydrogen-bond acceptors (Lipinski definition) is 6. The molecule has 1 aromatic heterocycles. The van der Waals surface area contributed by atoms with Crippen molar-refractivity contribution in [2.45, 2.75) is 13.5 Å². The van der Waals surface area contributed by atoms with E-state index in [2.05, 4.69) is 56.2 Å². The highest BCUT2D eigenvalue weighted by atomic mass is 32.1. The number of hydrogen-bond donors (Lipinski definition) is 1. The van der Waals surface area contributed by atoms with Gasteiger partial charge in [0.1, 0.15) is 0 Å². The Balaban J connectivity index is 1.29. The number of fused-ring (bicyclic) bond motifs is 1.